The number of ether oxygens (including phenoxy) is 1. The first-order valence-electron chi connectivity index (χ1n) is 17.5. The van der Waals surface area contributed by atoms with Gasteiger partial charge in [-0.25, -0.2) is 0 Å². The number of anilines is 2. The van der Waals surface area contributed by atoms with Crippen molar-refractivity contribution in [3.63, 3.8) is 0 Å². The monoisotopic (exact) mass is 698 g/mol. The van der Waals surface area contributed by atoms with Gasteiger partial charge in [-0.15, -0.1) is 0 Å². The molecule has 4 N–H and O–H groups in total. The lowest BCUT2D eigenvalue weighted by Gasteiger charge is -2.36. The standard InChI is InChI=1S/C42H42N4O6/c1-27(8-7-13-40(49)45-25-30-10-4-3-9-29(30)20-33(45)26-47)42(51)36-22-34(52-2)18-19-38(36)46(41(42)50)24-28-14-16-32(17-15-28)44-39(48)21-31-23-43-37-12-6-5-11-35(31)37/h3-12,14-19,22-23,27,33,43,47,51H,13,20-21,24-26H2,1-2H3,(H,44,48)/b8-7+/t27-,33+,42+/m1/s1. The van der Waals surface area contributed by atoms with Crippen molar-refractivity contribution in [3.8, 4) is 5.75 Å². The fourth-order valence-corrected chi connectivity index (χ4v) is 7.41. The van der Waals surface area contributed by atoms with Crippen molar-refractivity contribution in [1.82, 2.24) is 9.88 Å². The van der Waals surface area contributed by atoms with Gasteiger partial charge in [-0.1, -0.05) is 73.7 Å². The number of hydrogen-bond donors (Lipinski definition) is 4. The van der Waals surface area contributed by atoms with Crippen molar-refractivity contribution in [2.24, 2.45) is 5.92 Å². The summed E-state index contributed by atoms with van der Waals surface area (Å²) in [4.78, 5) is 46.8. The zero-order valence-corrected chi connectivity index (χ0v) is 29.2. The summed E-state index contributed by atoms with van der Waals surface area (Å²) in [6.45, 7) is 2.24. The number of carbonyl (C=O) groups is 3. The molecule has 0 spiro atoms. The zero-order chi connectivity index (χ0) is 36.4. The first-order valence-corrected chi connectivity index (χ1v) is 17.5. The summed E-state index contributed by atoms with van der Waals surface area (Å²) in [5, 5.41) is 26.2. The number of benzene rings is 4. The number of fused-ring (bicyclic) bond motifs is 3. The summed E-state index contributed by atoms with van der Waals surface area (Å²) in [5.41, 5.74) is 4.63. The first-order chi connectivity index (χ1) is 25.2. The number of aliphatic hydroxyl groups excluding tert-OH is 1. The summed E-state index contributed by atoms with van der Waals surface area (Å²) in [7, 11) is 1.53. The van der Waals surface area contributed by atoms with Crippen molar-refractivity contribution < 1.29 is 29.3 Å². The van der Waals surface area contributed by atoms with E-state index in [-0.39, 0.29) is 43.8 Å². The average Bonchev–Trinajstić information content (AvgIpc) is 3.66. The second kappa shape index (κ2) is 14.5. The summed E-state index contributed by atoms with van der Waals surface area (Å²) >= 11 is 0. The minimum atomic E-state index is -1.91. The van der Waals surface area contributed by atoms with E-state index in [1.54, 1.807) is 59.2 Å². The highest BCUT2D eigenvalue weighted by Crippen LogP contribution is 2.47. The maximum absolute atomic E-state index is 14.2. The molecule has 3 heterocycles. The molecule has 266 valence electrons. The average molecular weight is 699 g/mol. The first kappa shape index (κ1) is 34.7. The van der Waals surface area contributed by atoms with Gasteiger partial charge in [0, 0.05) is 47.2 Å². The Morgan fingerprint density at radius 1 is 1.04 bits per heavy atom. The second-order valence-electron chi connectivity index (χ2n) is 13.6. The van der Waals surface area contributed by atoms with Crippen molar-refractivity contribution >= 4 is 40.0 Å². The van der Waals surface area contributed by atoms with Crippen LogP contribution in [0.4, 0.5) is 11.4 Å². The highest BCUT2D eigenvalue weighted by Gasteiger charge is 2.52. The number of aromatic amines is 1. The Labute approximate surface area is 302 Å². The predicted molar refractivity (Wildman–Crippen MR) is 200 cm³/mol. The highest BCUT2D eigenvalue weighted by molar-refractivity contribution is 6.07. The third-order valence-electron chi connectivity index (χ3n) is 10.3. The number of aromatic nitrogens is 1. The van der Waals surface area contributed by atoms with Crippen LogP contribution >= 0.6 is 0 Å². The van der Waals surface area contributed by atoms with Crippen LogP contribution in [0.2, 0.25) is 0 Å². The molecule has 3 amide bonds. The summed E-state index contributed by atoms with van der Waals surface area (Å²) in [5.74, 6) is -0.940. The predicted octanol–water partition coefficient (Wildman–Crippen LogP) is 5.62. The fourth-order valence-electron chi connectivity index (χ4n) is 7.41. The molecule has 0 fully saturated rings. The number of para-hydroxylation sites is 1. The molecule has 2 aliphatic rings. The molecule has 0 radical (unpaired) electrons. The molecule has 10 heteroatoms. The van der Waals surface area contributed by atoms with E-state index in [0.717, 1.165) is 33.2 Å². The van der Waals surface area contributed by atoms with Crippen LogP contribution in [0, 0.1) is 5.92 Å². The Kier molecular flexibility index (Phi) is 9.68. The van der Waals surface area contributed by atoms with Gasteiger partial charge in [0.25, 0.3) is 5.91 Å². The molecule has 7 rings (SSSR count). The Bertz CT molecular complexity index is 2160. The number of hydrogen-bond acceptors (Lipinski definition) is 6. The third-order valence-corrected chi connectivity index (χ3v) is 10.3. The summed E-state index contributed by atoms with van der Waals surface area (Å²) in [6.07, 6.45) is 6.14. The van der Waals surface area contributed by atoms with Crippen molar-refractivity contribution in [1.29, 1.82) is 0 Å². The Morgan fingerprint density at radius 3 is 2.56 bits per heavy atom. The normalized spacial score (nSPS) is 18.8. The van der Waals surface area contributed by atoms with Crippen molar-refractivity contribution in [3.05, 3.63) is 137 Å². The maximum atomic E-state index is 14.2. The molecule has 4 aromatic carbocycles. The summed E-state index contributed by atoms with van der Waals surface area (Å²) in [6, 6.07) is 28.0. The highest BCUT2D eigenvalue weighted by atomic mass is 16.5. The fraction of sp³-hybridized carbons (Fsp3) is 0.262. The van der Waals surface area contributed by atoms with Crippen LogP contribution in [0.25, 0.3) is 10.9 Å². The van der Waals surface area contributed by atoms with Crippen LogP contribution in [-0.4, -0.2) is 57.6 Å². The van der Waals surface area contributed by atoms with Gasteiger partial charge < -0.3 is 35.1 Å². The van der Waals surface area contributed by atoms with E-state index < -0.39 is 17.4 Å². The molecule has 5 aromatic rings. The molecule has 0 aliphatic carbocycles. The van der Waals surface area contributed by atoms with Gasteiger partial charge >= 0.3 is 0 Å². The van der Waals surface area contributed by atoms with Crippen LogP contribution in [0.5, 0.6) is 5.75 Å². The van der Waals surface area contributed by atoms with Gasteiger partial charge in [-0.05, 0) is 65.1 Å². The van der Waals surface area contributed by atoms with Gasteiger partial charge in [0.05, 0.1) is 38.4 Å². The van der Waals surface area contributed by atoms with E-state index in [0.29, 0.717) is 35.7 Å². The second-order valence-corrected chi connectivity index (χ2v) is 13.6. The number of nitrogens with one attached hydrogen (secondary N) is 2. The van der Waals surface area contributed by atoms with Gasteiger partial charge in [-0.2, -0.15) is 0 Å². The largest absolute Gasteiger partial charge is 0.497 e. The molecule has 2 aliphatic heterocycles. The minimum Gasteiger partial charge on any atom is -0.497 e. The molecule has 52 heavy (non-hydrogen) atoms. The Hall–Kier alpha value is -5.71. The molecule has 10 nitrogen and oxygen atoms in total. The molecule has 0 bridgehead atoms. The van der Waals surface area contributed by atoms with Gasteiger partial charge in [0.15, 0.2) is 5.60 Å². The summed E-state index contributed by atoms with van der Waals surface area (Å²) < 4.78 is 5.46. The van der Waals surface area contributed by atoms with Crippen LogP contribution in [0.1, 0.15) is 41.2 Å². The van der Waals surface area contributed by atoms with Crippen LogP contribution in [-0.2, 0) is 45.9 Å². The van der Waals surface area contributed by atoms with Crippen molar-refractivity contribution in [2.45, 2.75) is 50.9 Å². The van der Waals surface area contributed by atoms with E-state index >= 15 is 0 Å². The molecule has 0 unspecified atom stereocenters. The van der Waals surface area contributed by atoms with Gasteiger partial charge in [0.2, 0.25) is 11.8 Å². The van der Waals surface area contributed by atoms with E-state index in [9.17, 15) is 24.6 Å². The van der Waals surface area contributed by atoms with Gasteiger partial charge in [0.1, 0.15) is 5.75 Å². The SMILES string of the molecule is COc1ccc2c(c1)[C@@](O)([C@H](C)/C=C/CC(=O)N1Cc3ccccc3C[C@H]1CO)C(=O)N2Cc1ccc(NC(=O)Cc2c[nH]c3ccccc23)cc1. The maximum Gasteiger partial charge on any atom is 0.264 e. The molecule has 1 aromatic heterocycles. The molecule has 3 atom stereocenters. The Balaban J connectivity index is 1.03. The number of aliphatic hydroxyl groups is 2. The quantitative estimate of drug-likeness (QED) is 0.132. The van der Waals surface area contributed by atoms with E-state index in [1.807, 2.05) is 66.9 Å². The zero-order valence-electron chi connectivity index (χ0n) is 29.2. The lowest BCUT2D eigenvalue weighted by atomic mass is 9.82. The van der Waals surface area contributed by atoms with Crippen LogP contribution in [0.3, 0.4) is 0 Å². The smallest absolute Gasteiger partial charge is 0.264 e. The number of H-pyrrole nitrogens is 1. The van der Waals surface area contributed by atoms with E-state index in [2.05, 4.69) is 10.3 Å². The topological polar surface area (TPSA) is 135 Å². The number of carbonyl (C=O) groups excluding carboxylic acids is 3. The molecule has 0 saturated heterocycles. The molecule has 0 saturated carbocycles. The number of methoxy groups -OCH3 is 1. The third kappa shape index (κ3) is 6.58. The van der Waals surface area contributed by atoms with Gasteiger partial charge in [-0.3, -0.25) is 14.4 Å². The van der Waals surface area contributed by atoms with Crippen LogP contribution in [0.15, 0.2) is 109 Å². The number of amides is 3. The van der Waals surface area contributed by atoms with Crippen molar-refractivity contribution in [2.75, 3.05) is 23.9 Å². The Morgan fingerprint density at radius 2 is 1.79 bits per heavy atom. The minimum absolute atomic E-state index is 0.0621. The molecular formula is C42H42N4O6. The van der Waals surface area contributed by atoms with Crippen LogP contribution < -0.4 is 15.0 Å². The number of rotatable bonds is 11. The lowest BCUT2D eigenvalue weighted by molar-refractivity contribution is -0.139. The number of nitrogens with zero attached hydrogens (tertiary/aromatic N) is 2. The van der Waals surface area contributed by atoms with E-state index in [1.165, 1.54) is 7.11 Å². The molecular weight excluding hydrogens is 656 g/mol. The lowest BCUT2D eigenvalue weighted by Crippen LogP contribution is -2.46. The van der Waals surface area contributed by atoms with E-state index in [4.69, 9.17) is 4.74 Å².